The lowest BCUT2D eigenvalue weighted by Gasteiger charge is -2.14. The molecule has 1 unspecified atom stereocenters. The van der Waals surface area contributed by atoms with Crippen molar-refractivity contribution in [2.45, 2.75) is 20.0 Å². The number of nitrogens with zero attached hydrogens (tertiary/aromatic N) is 2. The molecule has 1 aromatic carbocycles. The Morgan fingerprint density at radius 3 is 2.35 bits per heavy atom. The predicted molar refractivity (Wildman–Crippen MR) is 70.8 cm³/mol. The van der Waals surface area contributed by atoms with E-state index in [1.165, 1.54) is 19.9 Å². The summed E-state index contributed by atoms with van der Waals surface area (Å²) in [6, 6.07) is 1.23. The molecule has 0 spiro atoms. The van der Waals surface area contributed by atoms with Crippen molar-refractivity contribution in [1.29, 1.82) is 0 Å². The summed E-state index contributed by atoms with van der Waals surface area (Å²) < 4.78 is 0. The minimum Gasteiger partial charge on any atom is -0.394 e. The van der Waals surface area contributed by atoms with E-state index < -0.39 is 28.2 Å². The third kappa shape index (κ3) is 3.19. The van der Waals surface area contributed by atoms with Crippen molar-refractivity contribution < 1.29 is 20.1 Å². The van der Waals surface area contributed by atoms with Crippen LogP contribution >= 0.6 is 0 Å². The average Bonchev–Trinajstić information content (AvgIpc) is 2.37. The number of hydrogen-bond acceptors (Lipinski definition) is 7. The summed E-state index contributed by atoms with van der Waals surface area (Å²) in [6.07, 6.45) is -1.08. The molecule has 0 amide bonds. The van der Waals surface area contributed by atoms with Gasteiger partial charge in [0.2, 0.25) is 0 Å². The normalized spacial score (nSPS) is 12.0. The molecule has 0 aromatic heterocycles. The first-order valence-electron chi connectivity index (χ1n) is 5.75. The molecule has 0 aliphatic heterocycles. The summed E-state index contributed by atoms with van der Waals surface area (Å²) in [5.74, 6) is 0. The second-order valence-electron chi connectivity index (χ2n) is 4.29. The molecule has 9 nitrogen and oxygen atoms in total. The number of aliphatic hydroxyl groups is 2. The van der Waals surface area contributed by atoms with Crippen LogP contribution in [-0.4, -0.2) is 39.3 Å². The van der Waals surface area contributed by atoms with E-state index in [1.54, 1.807) is 0 Å². The smallest absolute Gasteiger partial charge is 0.302 e. The molecular weight excluding hydrogens is 270 g/mol. The zero-order valence-electron chi connectivity index (χ0n) is 11.0. The van der Waals surface area contributed by atoms with Crippen molar-refractivity contribution in [2.75, 3.05) is 18.5 Å². The van der Waals surface area contributed by atoms with Gasteiger partial charge in [-0.05, 0) is 19.4 Å². The fourth-order valence-corrected chi connectivity index (χ4v) is 1.81. The number of anilines is 1. The number of nitro benzene ring substituents is 2. The summed E-state index contributed by atoms with van der Waals surface area (Å²) in [4.78, 5) is 20.6. The van der Waals surface area contributed by atoms with Crippen molar-refractivity contribution >= 4 is 17.1 Å². The summed E-state index contributed by atoms with van der Waals surface area (Å²) >= 11 is 0. The second kappa shape index (κ2) is 6.26. The molecule has 0 radical (unpaired) electrons. The van der Waals surface area contributed by atoms with E-state index in [1.807, 2.05) is 0 Å². The molecule has 1 atom stereocenters. The lowest BCUT2D eigenvalue weighted by Crippen LogP contribution is -2.23. The minimum absolute atomic E-state index is 0.0633. The van der Waals surface area contributed by atoms with Crippen LogP contribution in [0.25, 0.3) is 0 Å². The molecule has 0 saturated carbocycles. The van der Waals surface area contributed by atoms with Crippen LogP contribution in [0.5, 0.6) is 0 Å². The highest BCUT2D eigenvalue weighted by atomic mass is 16.6. The van der Waals surface area contributed by atoms with Crippen molar-refractivity contribution in [2.24, 2.45) is 0 Å². The number of hydrogen-bond donors (Lipinski definition) is 3. The molecule has 0 aliphatic rings. The Morgan fingerprint density at radius 1 is 1.30 bits per heavy atom. The number of aliphatic hydroxyl groups excluding tert-OH is 2. The molecule has 1 aromatic rings. The topological polar surface area (TPSA) is 139 Å². The second-order valence-corrected chi connectivity index (χ2v) is 4.29. The lowest BCUT2D eigenvalue weighted by molar-refractivity contribution is -0.394. The summed E-state index contributed by atoms with van der Waals surface area (Å²) in [5.41, 5.74) is -0.374. The van der Waals surface area contributed by atoms with Gasteiger partial charge in [0.15, 0.2) is 0 Å². The maximum absolute atomic E-state index is 11.1. The molecule has 110 valence electrons. The van der Waals surface area contributed by atoms with Crippen LogP contribution in [0, 0.1) is 34.1 Å². The fraction of sp³-hybridized carbons (Fsp3) is 0.455. The Hall–Kier alpha value is -2.26. The molecule has 0 fully saturated rings. The van der Waals surface area contributed by atoms with Crippen LogP contribution in [0.3, 0.4) is 0 Å². The Bertz CT molecular complexity index is 545. The molecule has 20 heavy (non-hydrogen) atoms. The van der Waals surface area contributed by atoms with Gasteiger partial charge in [-0.15, -0.1) is 0 Å². The first kappa shape index (κ1) is 15.8. The van der Waals surface area contributed by atoms with E-state index in [2.05, 4.69) is 5.32 Å². The van der Waals surface area contributed by atoms with Crippen LogP contribution in [-0.2, 0) is 0 Å². The van der Waals surface area contributed by atoms with Gasteiger partial charge in [0.1, 0.15) is 11.3 Å². The Balaban J connectivity index is 3.32. The van der Waals surface area contributed by atoms with Gasteiger partial charge in [-0.1, -0.05) is 0 Å². The van der Waals surface area contributed by atoms with E-state index >= 15 is 0 Å². The van der Waals surface area contributed by atoms with Crippen molar-refractivity contribution in [3.8, 4) is 0 Å². The van der Waals surface area contributed by atoms with Gasteiger partial charge in [-0.2, -0.15) is 0 Å². The maximum atomic E-state index is 11.1. The molecule has 1 rings (SSSR count). The quantitative estimate of drug-likeness (QED) is 0.520. The van der Waals surface area contributed by atoms with Crippen molar-refractivity contribution in [3.63, 3.8) is 0 Å². The van der Waals surface area contributed by atoms with E-state index in [0.717, 1.165) is 0 Å². The first-order valence-corrected chi connectivity index (χ1v) is 5.75. The van der Waals surface area contributed by atoms with Gasteiger partial charge in [0, 0.05) is 12.6 Å². The van der Waals surface area contributed by atoms with Crippen molar-refractivity contribution in [1.82, 2.24) is 0 Å². The number of rotatable bonds is 6. The molecule has 0 bridgehead atoms. The highest BCUT2D eigenvalue weighted by Crippen LogP contribution is 2.37. The van der Waals surface area contributed by atoms with E-state index in [-0.39, 0.29) is 23.5 Å². The fourth-order valence-electron chi connectivity index (χ4n) is 1.81. The average molecular weight is 285 g/mol. The van der Waals surface area contributed by atoms with Gasteiger partial charge in [-0.3, -0.25) is 20.2 Å². The number of nitro groups is 2. The van der Waals surface area contributed by atoms with Gasteiger partial charge in [-0.25, -0.2) is 0 Å². The Morgan fingerprint density at radius 2 is 1.90 bits per heavy atom. The molecular formula is C11H15N3O6. The van der Waals surface area contributed by atoms with Gasteiger partial charge >= 0.3 is 5.69 Å². The van der Waals surface area contributed by atoms with Crippen LogP contribution in [0.1, 0.15) is 11.1 Å². The predicted octanol–water partition coefficient (Wildman–Crippen LogP) is 0.885. The molecule has 0 aliphatic carbocycles. The third-order valence-corrected chi connectivity index (χ3v) is 2.83. The van der Waals surface area contributed by atoms with Crippen molar-refractivity contribution in [3.05, 3.63) is 37.4 Å². The van der Waals surface area contributed by atoms with E-state index in [4.69, 9.17) is 5.11 Å². The van der Waals surface area contributed by atoms with E-state index in [9.17, 15) is 25.3 Å². The van der Waals surface area contributed by atoms with Gasteiger partial charge < -0.3 is 15.5 Å². The standard InChI is InChI=1S/C11H15N3O6/c1-6-3-9(13(17)18)7(2)11(14(19)20)10(6)12-4-8(16)5-15/h3,8,12,15-16H,4-5H2,1-2H3. The zero-order valence-corrected chi connectivity index (χ0v) is 11.0. The Labute approximate surface area is 114 Å². The maximum Gasteiger partial charge on any atom is 0.302 e. The van der Waals surface area contributed by atoms with Gasteiger partial charge in [0.25, 0.3) is 5.69 Å². The highest BCUT2D eigenvalue weighted by Gasteiger charge is 2.28. The SMILES string of the molecule is Cc1cc([N+](=O)[O-])c(C)c([N+](=O)[O-])c1NCC(O)CO. The first-order chi connectivity index (χ1) is 9.29. The van der Waals surface area contributed by atoms with Crippen LogP contribution < -0.4 is 5.32 Å². The number of benzene rings is 1. The van der Waals surface area contributed by atoms with Crippen LogP contribution in [0.4, 0.5) is 17.1 Å². The zero-order chi connectivity index (χ0) is 15.4. The summed E-state index contributed by atoms with van der Waals surface area (Å²) in [6.45, 7) is 2.19. The molecule has 3 N–H and O–H groups in total. The van der Waals surface area contributed by atoms with Crippen LogP contribution in [0.15, 0.2) is 6.07 Å². The molecule has 9 heteroatoms. The monoisotopic (exact) mass is 285 g/mol. The van der Waals surface area contributed by atoms with E-state index in [0.29, 0.717) is 5.56 Å². The van der Waals surface area contributed by atoms with Crippen LogP contribution in [0.2, 0.25) is 0 Å². The summed E-state index contributed by atoms with van der Waals surface area (Å²) in [5, 5.41) is 42.6. The minimum atomic E-state index is -1.08. The highest BCUT2D eigenvalue weighted by molar-refractivity contribution is 5.74. The number of nitrogens with one attached hydrogen (secondary N) is 1. The lowest BCUT2D eigenvalue weighted by atomic mass is 10.1. The van der Waals surface area contributed by atoms with Gasteiger partial charge in [0.05, 0.1) is 22.6 Å². The largest absolute Gasteiger partial charge is 0.394 e. The third-order valence-electron chi connectivity index (χ3n) is 2.83. The molecule has 0 saturated heterocycles. The molecule has 0 heterocycles. The Kier molecular flexibility index (Phi) is 4.94. The summed E-state index contributed by atoms with van der Waals surface area (Å²) in [7, 11) is 0. The number of aryl methyl sites for hydroxylation is 1.